The number of rotatable bonds is 8. The van der Waals surface area contributed by atoms with Crippen molar-refractivity contribution in [1.82, 2.24) is 10.2 Å². The molecule has 2 aliphatic rings. The van der Waals surface area contributed by atoms with Gasteiger partial charge in [-0.25, -0.2) is 0 Å². The van der Waals surface area contributed by atoms with Crippen molar-refractivity contribution in [2.45, 2.75) is 71.3 Å². The lowest BCUT2D eigenvalue weighted by Crippen LogP contribution is -2.35. The second-order valence-electron chi connectivity index (χ2n) is 11.6. The van der Waals surface area contributed by atoms with Crippen LogP contribution in [0.15, 0.2) is 53.7 Å². The van der Waals surface area contributed by atoms with Gasteiger partial charge in [0.2, 0.25) is 0 Å². The summed E-state index contributed by atoms with van der Waals surface area (Å²) in [5, 5.41) is 6.60. The molecule has 1 saturated heterocycles. The first-order chi connectivity index (χ1) is 16.8. The number of benzene rings is 2. The number of amides is 1. The molecule has 2 aromatic rings. The molecule has 188 valence electrons. The van der Waals surface area contributed by atoms with Gasteiger partial charge < -0.3 is 10.2 Å². The molecule has 1 aliphatic carbocycles. The van der Waals surface area contributed by atoms with Gasteiger partial charge in [-0.3, -0.25) is 4.79 Å². The molecule has 2 atom stereocenters. The highest BCUT2D eigenvalue weighted by molar-refractivity contribution is 5.94. The van der Waals surface area contributed by atoms with Gasteiger partial charge in [0.1, 0.15) is 6.04 Å². The zero-order chi connectivity index (χ0) is 24.8. The van der Waals surface area contributed by atoms with Crippen LogP contribution in [0.5, 0.6) is 0 Å². The number of carbonyl (C=O) groups is 1. The third kappa shape index (κ3) is 6.78. The van der Waals surface area contributed by atoms with Gasteiger partial charge >= 0.3 is 0 Å². The van der Waals surface area contributed by atoms with Crippen molar-refractivity contribution in [3.8, 4) is 0 Å². The number of carbonyl (C=O) groups excluding carboxylic acids is 1. The van der Waals surface area contributed by atoms with E-state index in [0.29, 0.717) is 18.0 Å². The Balaban J connectivity index is 1.30. The predicted octanol–water partition coefficient (Wildman–Crippen LogP) is 6.49. The van der Waals surface area contributed by atoms with Crippen molar-refractivity contribution in [2.24, 2.45) is 16.5 Å². The number of nitroso groups, excluding NO2 is 1. The molecule has 0 radical (unpaired) electrons. The highest BCUT2D eigenvalue weighted by atomic mass is 16.3. The fourth-order valence-corrected chi connectivity index (χ4v) is 5.67. The Kier molecular flexibility index (Phi) is 8.38. The van der Waals surface area contributed by atoms with E-state index in [0.717, 1.165) is 56.4 Å². The van der Waals surface area contributed by atoms with Crippen molar-refractivity contribution < 1.29 is 4.79 Å². The minimum absolute atomic E-state index is 0.0336. The predicted molar refractivity (Wildman–Crippen MR) is 143 cm³/mol. The Morgan fingerprint density at radius 3 is 2.49 bits per heavy atom. The topological polar surface area (TPSA) is 61.8 Å². The van der Waals surface area contributed by atoms with Crippen LogP contribution in [0.25, 0.3) is 0 Å². The first kappa shape index (κ1) is 25.6. The maximum atomic E-state index is 12.6. The fraction of sp³-hybridized carbons (Fsp3) is 0.567. The summed E-state index contributed by atoms with van der Waals surface area (Å²) in [6.45, 7) is 10.5. The lowest BCUT2D eigenvalue weighted by Gasteiger charge is -2.35. The van der Waals surface area contributed by atoms with Crippen LogP contribution < -0.4 is 5.32 Å². The third-order valence-electron chi connectivity index (χ3n) is 7.90. The van der Waals surface area contributed by atoms with Gasteiger partial charge in [-0.2, -0.15) is 4.91 Å². The van der Waals surface area contributed by atoms with Crippen LogP contribution in [0.4, 0.5) is 0 Å². The normalized spacial score (nSPS) is 21.3. The van der Waals surface area contributed by atoms with Crippen LogP contribution in [0.1, 0.15) is 91.9 Å². The summed E-state index contributed by atoms with van der Waals surface area (Å²) in [6, 6.07) is 16.4. The van der Waals surface area contributed by atoms with Crippen LogP contribution in [-0.4, -0.2) is 37.0 Å². The summed E-state index contributed by atoms with van der Waals surface area (Å²) in [4.78, 5) is 27.1. The summed E-state index contributed by atoms with van der Waals surface area (Å²) >= 11 is 0. The number of hydrogen-bond acceptors (Lipinski definition) is 4. The van der Waals surface area contributed by atoms with Crippen LogP contribution in [0, 0.1) is 16.2 Å². The highest BCUT2D eigenvalue weighted by Gasteiger charge is 2.32. The molecule has 0 spiro atoms. The molecule has 0 bridgehead atoms. The number of aryl methyl sites for hydroxylation is 1. The third-order valence-corrected chi connectivity index (χ3v) is 7.90. The van der Waals surface area contributed by atoms with E-state index < -0.39 is 0 Å². The minimum Gasteiger partial charge on any atom is -0.352 e. The van der Waals surface area contributed by atoms with Crippen LogP contribution in [-0.2, 0) is 6.42 Å². The molecule has 5 nitrogen and oxygen atoms in total. The zero-order valence-corrected chi connectivity index (χ0v) is 21.6. The largest absolute Gasteiger partial charge is 0.352 e. The number of piperidine rings is 1. The highest BCUT2D eigenvalue weighted by Crippen LogP contribution is 2.40. The lowest BCUT2D eigenvalue weighted by molar-refractivity contribution is 0.0949. The molecule has 1 fully saturated rings. The van der Waals surface area contributed by atoms with Gasteiger partial charge in [0, 0.05) is 12.1 Å². The maximum Gasteiger partial charge on any atom is 0.251 e. The lowest BCUT2D eigenvalue weighted by atomic mass is 9.78. The molecule has 1 N–H and O–H groups in total. The van der Waals surface area contributed by atoms with Gasteiger partial charge in [-0.1, -0.05) is 62.3 Å². The van der Waals surface area contributed by atoms with Crippen LogP contribution in [0.2, 0.25) is 0 Å². The second-order valence-corrected chi connectivity index (χ2v) is 11.6. The molecule has 2 aromatic carbocycles. The average molecular weight is 476 g/mol. The number of fused-ring (bicyclic) bond motifs is 1. The molecule has 0 saturated carbocycles. The SMILES string of the molecule is CC(C)(C)CCNC(=O)c1ccc2c(c1)CCC(CCN1CCC(c3ccccc3)CC1)C2N=O. The molecule has 35 heavy (non-hydrogen) atoms. The van der Waals surface area contributed by atoms with Gasteiger partial charge in [-0.15, -0.1) is 0 Å². The van der Waals surface area contributed by atoms with E-state index in [4.69, 9.17) is 0 Å². The van der Waals surface area contributed by atoms with E-state index in [1.165, 1.54) is 18.4 Å². The molecular weight excluding hydrogens is 434 g/mol. The van der Waals surface area contributed by atoms with Crippen LogP contribution in [0.3, 0.4) is 0 Å². The fourth-order valence-electron chi connectivity index (χ4n) is 5.67. The van der Waals surface area contributed by atoms with Crippen molar-refractivity contribution in [1.29, 1.82) is 0 Å². The van der Waals surface area contributed by atoms with Crippen LogP contribution >= 0.6 is 0 Å². The minimum atomic E-state index is -0.307. The van der Waals surface area contributed by atoms with E-state index in [9.17, 15) is 9.70 Å². The van der Waals surface area contributed by atoms with Crippen molar-refractivity contribution in [2.75, 3.05) is 26.2 Å². The summed E-state index contributed by atoms with van der Waals surface area (Å²) in [7, 11) is 0. The molecule has 2 unspecified atom stereocenters. The molecular formula is C30H41N3O2. The van der Waals surface area contributed by atoms with E-state index in [2.05, 4.69) is 66.5 Å². The van der Waals surface area contributed by atoms with E-state index in [1.54, 1.807) is 0 Å². The quantitative estimate of drug-likeness (QED) is 0.444. The first-order valence-electron chi connectivity index (χ1n) is 13.3. The average Bonchev–Trinajstić information content (AvgIpc) is 2.86. The Labute approximate surface area is 210 Å². The molecule has 1 amide bonds. The van der Waals surface area contributed by atoms with Crippen molar-refractivity contribution in [3.05, 3.63) is 75.7 Å². The second kappa shape index (κ2) is 11.5. The first-order valence-corrected chi connectivity index (χ1v) is 13.3. The van der Waals surface area contributed by atoms with Gasteiger partial charge in [0.15, 0.2) is 0 Å². The summed E-state index contributed by atoms with van der Waals surface area (Å²) < 4.78 is 0. The van der Waals surface area contributed by atoms with Gasteiger partial charge in [-0.05, 0) is 104 Å². The van der Waals surface area contributed by atoms with Crippen molar-refractivity contribution in [3.63, 3.8) is 0 Å². The monoisotopic (exact) mass is 475 g/mol. The van der Waals surface area contributed by atoms with E-state index in [1.807, 2.05) is 18.2 Å². The van der Waals surface area contributed by atoms with Gasteiger partial charge in [0.05, 0.1) is 0 Å². The number of nitrogens with zero attached hydrogens (tertiary/aromatic N) is 2. The molecule has 5 heteroatoms. The summed E-state index contributed by atoms with van der Waals surface area (Å²) in [5.41, 5.74) is 4.47. The standard InChI is InChI=1S/C30H41N3O2/c1-30(2,3)16-17-31-29(34)26-11-12-27-25(21-26)10-9-24(28(27)32-35)15-20-33-18-13-23(14-19-33)22-7-5-4-6-8-22/h4-8,11-12,21,23-24,28H,9-10,13-20H2,1-3H3,(H,31,34). The summed E-state index contributed by atoms with van der Waals surface area (Å²) in [6.07, 6.45) is 6.21. The molecule has 1 aliphatic heterocycles. The molecule has 0 aromatic heterocycles. The Morgan fingerprint density at radius 2 is 1.80 bits per heavy atom. The Bertz CT molecular complexity index is 990. The molecule has 1 heterocycles. The Morgan fingerprint density at radius 1 is 1.06 bits per heavy atom. The zero-order valence-electron chi connectivity index (χ0n) is 21.6. The smallest absolute Gasteiger partial charge is 0.251 e. The summed E-state index contributed by atoms with van der Waals surface area (Å²) in [5.74, 6) is 0.908. The van der Waals surface area contributed by atoms with E-state index in [-0.39, 0.29) is 23.3 Å². The molecule has 4 rings (SSSR count). The van der Waals surface area contributed by atoms with Crippen molar-refractivity contribution >= 4 is 5.91 Å². The maximum absolute atomic E-state index is 12.6. The number of nitrogens with one attached hydrogen (secondary N) is 1. The van der Waals surface area contributed by atoms with E-state index >= 15 is 0 Å². The van der Waals surface area contributed by atoms with Gasteiger partial charge in [0.25, 0.3) is 5.91 Å². The Hall–Kier alpha value is -2.53. The number of likely N-dealkylation sites (tertiary alicyclic amines) is 1. The number of hydrogen-bond donors (Lipinski definition) is 1.